The Balaban J connectivity index is 2.59. The van der Waals surface area contributed by atoms with Gasteiger partial charge in [0.2, 0.25) is 0 Å². The van der Waals surface area contributed by atoms with Gasteiger partial charge in [-0.1, -0.05) is 6.92 Å². The molecule has 0 spiro atoms. The normalized spacial score (nSPS) is 10.2. The number of nitrogens with one attached hydrogen (secondary N) is 2. The molecular weight excluding hydrogens is 126 g/mol. The molecular formula is C7H13N3. The van der Waals surface area contributed by atoms with Crippen molar-refractivity contribution in [1.29, 1.82) is 0 Å². The van der Waals surface area contributed by atoms with Crippen molar-refractivity contribution in [2.75, 3.05) is 7.05 Å². The molecule has 0 saturated carbocycles. The number of nitrogens with zero attached hydrogens (tertiary/aromatic N) is 1. The highest BCUT2D eigenvalue weighted by molar-refractivity contribution is 5.00. The van der Waals surface area contributed by atoms with Crippen molar-refractivity contribution >= 4 is 0 Å². The van der Waals surface area contributed by atoms with Crippen LogP contribution in [0.2, 0.25) is 0 Å². The third kappa shape index (κ3) is 1.57. The molecule has 0 saturated heterocycles. The van der Waals surface area contributed by atoms with Crippen molar-refractivity contribution in [3.63, 3.8) is 0 Å². The highest BCUT2D eigenvalue weighted by Crippen LogP contribution is 1.95. The van der Waals surface area contributed by atoms with Crippen molar-refractivity contribution in [3.05, 3.63) is 17.7 Å². The van der Waals surface area contributed by atoms with Crippen LogP contribution in [0.1, 0.15) is 18.4 Å². The molecule has 2 N–H and O–H groups in total. The quantitative estimate of drug-likeness (QED) is 0.647. The first kappa shape index (κ1) is 7.28. The summed E-state index contributed by atoms with van der Waals surface area (Å²) >= 11 is 0. The van der Waals surface area contributed by atoms with Crippen LogP contribution in [-0.4, -0.2) is 17.0 Å². The molecule has 56 valence electrons. The summed E-state index contributed by atoms with van der Waals surface area (Å²) in [6.07, 6.45) is 2.85. The molecule has 0 aliphatic rings. The molecule has 1 aromatic heterocycles. The first-order chi connectivity index (χ1) is 4.86. The van der Waals surface area contributed by atoms with E-state index in [2.05, 4.69) is 22.2 Å². The maximum absolute atomic E-state index is 4.16. The number of imidazole rings is 1. The zero-order chi connectivity index (χ0) is 7.40. The SMILES string of the molecule is CCc1ncc(CNC)[nH]1. The fraction of sp³-hybridized carbons (Fsp3) is 0.571. The molecule has 3 nitrogen and oxygen atoms in total. The second kappa shape index (κ2) is 3.37. The summed E-state index contributed by atoms with van der Waals surface area (Å²) in [5.41, 5.74) is 1.15. The van der Waals surface area contributed by atoms with Crippen LogP contribution in [0.3, 0.4) is 0 Å². The molecule has 0 fully saturated rings. The molecule has 0 aliphatic carbocycles. The lowest BCUT2D eigenvalue weighted by molar-refractivity contribution is 0.792. The molecule has 0 atom stereocenters. The molecule has 0 aliphatic heterocycles. The molecule has 0 radical (unpaired) electrons. The van der Waals surface area contributed by atoms with E-state index in [4.69, 9.17) is 0 Å². The molecule has 1 aromatic rings. The number of aromatic amines is 1. The summed E-state index contributed by atoms with van der Waals surface area (Å²) in [6, 6.07) is 0. The van der Waals surface area contributed by atoms with Gasteiger partial charge in [0.1, 0.15) is 5.82 Å². The summed E-state index contributed by atoms with van der Waals surface area (Å²) < 4.78 is 0. The molecule has 0 amide bonds. The second-order valence-electron chi connectivity index (χ2n) is 2.24. The highest BCUT2D eigenvalue weighted by Gasteiger charge is 1.94. The van der Waals surface area contributed by atoms with Crippen molar-refractivity contribution in [2.45, 2.75) is 19.9 Å². The van der Waals surface area contributed by atoms with Gasteiger partial charge in [-0.3, -0.25) is 0 Å². The van der Waals surface area contributed by atoms with E-state index in [0.717, 1.165) is 24.5 Å². The zero-order valence-corrected chi connectivity index (χ0v) is 6.44. The predicted octanol–water partition coefficient (Wildman–Crippen LogP) is 0.691. The maximum atomic E-state index is 4.16. The lowest BCUT2D eigenvalue weighted by Crippen LogP contribution is -2.05. The Morgan fingerprint density at radius 3 is 3.00 bits per heavy atom. The topological polar surface area (TPSA) is 40.7 Å². The van der Waals surface area contributed by atoms with E-state index in [9.17, 15) is 0 Å². The van der Waals surface area contributed by atoms with Crippen LogP contribution in [0, 0.1) is 0 Å². The average molecular weight is 139 g/mol. The first-order valence-electron chi connectivity index (χ1n) is 3.54. The van der Waals surface area contributed by atoms with Gasteiger partial charge in [0.05, 0.1) is 0 Å². The minimum absolute atomic E-state index is 0.868. The summed E-state index contributed by atoms with van der Waals surface area (Å²) in [5.74, 6) is 1.06. The minimum atomic E-state index is 0.868. The van der Waals surface area contributed by atoms with Gasteiger partial charge >= 0.3 is 0 Å². The largest absolute Gasteiger partial charge is 0.345 e. The Morgan fingerprint density at radius 2 is 2.50 bits per heavy atom. The third-order valence-corrected chi connectivity index (χ3v) is 1.38. The van der Waals surface area contributed by atoms with Crippen molar-refractivity contribution in [2.24, 2.45) is 0 Å². The Bertz CT molecular complexity index is 192. The number of H-pyrrole nitrogens is 1. The number of aromatic nitrogens is 2. The molecule has 1 rings (SSSR count). The Hall–Kier alpha value is -0.830. The molecule has 1 heterocycles. The number of aryl methyl sites for hydroxylation is 1. The summed E-state index contributed by atoms with van der Waals surface area (Å²) in [6.45, 7) is 2.95. The second-order valence-corrected chi connectivity index (χ2v) is 2.24. The number of hydrogen-bond acceptors (Lipinski definition) is 2. The van der Waals surface area contributed by atoms with Gasteiger partial charge in [-0.15, -0.1) is 0 Å². The van der Waals surface area contributed by atoms with Crippen LogP contribution in [-0.2, 0) is 13.0 Å². The third-order valence-electron chi connectivity index (χ3n) is 1.38. The summed E-state index contributed by atoms with van der Waals surface area (Å²) in [7, 11) is 1.92. The van der Waals surface area contributed by atoms with Gasteiger partial charge in [-0.2, -0.15) is 0 Å². The highest BCUT2D eigenvalue weighted by atomic mass is 14.9. The first-order valence-corrected chi connectivity index (χ1v) is 3.54. The van der Waals surface area contributed by atoms with Crippen LogP contribution in [0.4, 0.5) is 0 Å². The van der Waals surface area contributed by atoms with E-state index in [-0.39, 0.29) is 0 Å². The van der Waals surface area contributed by atoms with Crippen LogP contribution >= 0.6 is 0 Å². The average Bonchev–Trinajstić information content (AvgIpc) is 2.37. The van der Waals surface area contributed by atoms with Crippen molar-refractivity contribution < 1.29 is 0 Å². The van der Waals surface area contributed by atoms with E-state index in [1.165, 1.54) is 0 Å². The predicted molar refractivity (Wildman–Crippen MR) is 40.7 cm³/mol. The Kier molecular flexibility index (Phi) is 2.45. The van der Waals surface area contributed by atoms with Gasteiger partial charge in [0, 0.05) is 24.9 Å². The maximum Gasteiger partial charge on any atom is 0.105 e. The number of hydrogen-bond donors (Lipinski definition) is 2. The molecule has 10 heavy (non-hydrogen) atoms. The Labute approximate surface area is 60.9 Å². The summed E-state index contributed by atoms with van der Waals surface area (Å²) in [4.78, 5) is 7.35. The van der Waals surface area contributed by atoms with Gasteiger partial charge in [-0.25, -0.2) is 4.98 Å². The van der Waals surface area contributed by atoms with E-state index in [1.807, 2.05) is 13.2 Å². The van der Waals surface area contributed by atoms with Gasteiger partial charge in [-0.05, 0) is 7.05 Å². The van der Waals surface area contributed by atoms with Gasteiger partial charge in [0.25, 0.3) is 0 Å². The molecule has 3 heteroatoms. The fourth-order valence-corrected chi connectivity index (χ4v) is 0.866. The minimum Gasteiger partial charge on any atom is -0.345 e. The molecule has 0 aromatic carbocycles. The van der Waals surface area contributed by atoms with E-state index in [1.54, 1.807) is 0 Å². The van der Waals surface area contributed by atoms with Crippen LogP contribution in [0.5, 0.6) is 0 Å². The monoisotopic (exact) mass is 139 g/mol. The lowest BCUT2D eigenvalue weighted by atomic mass is 10.4. The van der Waals surface area contributed by atoms with Gasteiger partial charge < -0.3 is 10.3 Å². The molecule has 0 unspecified atom stereocenters. The van der Waals surface area contributed by atoms with E-state index < -0.39 is 0 Å². The van der Waals surface area contributed by atoms with Gasteiger partial charge in [0.15, 0.2) is 0 Å². The van der Waals surface area contributed by atoms with Crippen LogP contribution < -0.4 is 5.32 Å². The summed E-state index contributed by atoms with van der Waals surface area (Å²) in [5, 5.41) is 3.05. The van der Waals surface area contributed by atoms with Crippen LogP contribution in [0.25, 0.3) is 0 Å². The fourth-order valence-electron chi connectivity index (χ4n) is 0.866. The van der Waals surface area contributed by atoms with Crippen molar-refractivity contribution in [3.8, 4) is 0 Å². The lowest BCUT2D eigenvalue weighted by Gasteiger charge is -1.91. The Morgan fingerprint density at radius 1 is 1.70 bits per heavy atom. The van der Waals surface area contributed by atoms with E-state index in [0.29, 0.717) is 0 Å². The standard InChI is InChI=1S/C7H13N3/c1-3-7-9-5-6(10-7)4-8-2/h5,8H,3-4H2,1-2H3,(H,9,10). The van der Waals surface area contributed by atoms with Crippen LogP contribution in [0.15, 0.2) is 6.20 Å². The van der Waals surface area contributed by atoms with E-state index >= 15 is 0 Å². The number of rotatable bonds is 3. The van der Waals surface area contributed by atoms with Crippen molar-refractivity contribution in [1.82, 2.24) is 15.3 Å². The zero-order valence-electron chi connectivity index (χ0n) is 6.44. The smallest absolute Gasteiger partial charge is 0.105 e. The molecule has 0 bridgehead atoms.